The van der Waals surface area contributed by atoms with Gasteiger partial charge in [0, 0.05) is 55.1 Å². The second-order valence-electron chi connectivity index (χ2n) is 12.2. The Morgan fingerprint density at radius 3 is 1.57 bits per heavy atom. The highest BCUT2D eigenvalue weighted by Gasteiger charge is 2.26. The third-order valence-electron chi connectivity index (χ3n) is 8.78. The quantitative estimate of drug-likeness (QED) is 0.165. The zero-order chi connectivity index (χ0) is 36.0. The molecule has 4 aromatic rings. The molecule has 0 atom stereocenters. The fourth-order valence-corrected chi connectivity index (χ4v) is 6.06. The van der Waals surface area contributed by atoms with Crippen molar-refractivity contribution in [3.05, 3.63) is 73.3 Å². The molecular weight excluding hydrogens is 672 g/mol. The van der Waals surface area contributed by atoms with Gasteiger partial charge in [-0.3, -0.25) is 14.4 Å². The maximum absolute atomic E-state index is 12.6. The molecule has 0 bridgehead atoms. The van der Waals surface area contributed by atoms with Crippen molar-refractivity contribution in [2.75, 3.05) is 50.0 Å². The first-order valence-corrected chi connectivity index (χ1v) is 17.5. The highest BCUT2D eigenvalue weighted by Crippen LogP contribution is 2.31. The number of nitrogens with one attached hydrogen (secondary N) is 3. The van der Waals surface area contributed by atoms with Crippen LogP contribution in [-0.4, -0.2) is 82.0 Å². The van der Waals surface area contributed by atoms with E-state index in [1.54, 1.807) is 24.0 Å². The Bertz CT molecular complexity index is 1770. The van der Waals surface area contributed by atoms with Gasteiger partial charge in [-0.25, -0.2) is 19.9 Å². The summed E-state index contributed by atoms with van der Waals surface area (Å²) in [7, 11) is 0. The Hall–Kier alpha value is -5.43. The average Bonchev–Trinajstić information content (AvgIpc) is 3.16. The van der Waals surface area contributed by atoms with E-state index < -0.39 is 0 Å². The summed E-state index contributed by atoms with van der Waals surface area (Å²) in [5.41, 5.74) is 3.16. The van der Waals surface area contributed by atoms with Crippen LogP contribution in [0, 0.1) is 11.8 Å². The third-order valence-corrected chi connectivity index (χ3v) is 8.78. The molecule has 0 spiro atoms. The van der Waals surface area contributed by atoms with E-state index in [-0.39, 0.29) is 44.4 Å². The van der Waals surface area contributed by atoms with Gasteiger partial charge in [0.05, 0.1) is 24.6 Å². The smallest absolute Gasteiger partial charge is 0.228 e. The van der Waals surface area contributed by atoms with Crippen LogP contribution in [0.3, 0.4) is 0 Å². The monoisotopic (exact) mass is 726 g/mol. The lowest BCUT2D eigenvalue weighted by Gasteiger charge is -2.30. The Morgan fingerprint density at radius 2 is 1.13 bits per heavy atom. The molecule has 0 aliphatic carbocycles. The van der Waals surface area contributed by atoms with E-state index in [9.17, 15) is 14.4 Å². The molecule has 0 unspecified atom stereocenters. The zero-order valence-electron chi connectivity index (χ0n) is 29.4. The number of rotatable bonds is 10. The standard InChI is InChI=1S/C20H24N4O3.C18H22N4O2.2CH4/c1-3-27-18-7-5-4-6-16(18)17-12-19(22-13-21-17)23-20(26)15-8-10-24(11-9-15)14(2)25;1-2-24-16-6-4-3-5-14(16)15-11-17(21-12-20-15)22-18(23)13-7-9-19-10-8-13;;/h4-7,12-13,15H,3,8-11H2,1-2H3,(H,21,22,23,26);3-6,11-13,19H,2,7-10H2,1H3,(H,20,21,22,23);2*1H4. The molecule has 2 fully saturated rings. The van der Waals surface area contributed by atoms with Crippen LogP contribution in [0.4, 0.5) is 11.6 Å². The second-order valence-corrected chi connectivity index (χ2v) is 12.2. The molecule has 2 aromatic carbocycles. The van der Waals surface area contributed by atoms with Crippen LogP contribution in [0.15, 0.2) is 73.3 Å². The van der Waals surface area contributed by atoms with Crippen molar-refractivity contribution in [3.63, 3.8) is 0 Å². The van der Waals surface area contributed by atoms with Crippen molar-refractivity contribution >= 4 is 29.4 Å². The van der Waals surface area contributed by atoms with E-state index in [2.05, 4.69) is 35.9 Å². The fourth-order valence-electron chi connectivity index (χ4n) is 6.06. The normalized spacial score (nSPS) is 14.3. The number of benzene rings is 2. The summed E-state index contributed by atoms with van der Waals surface area (Å²) in [6, 6.07) is 18.9. The van der Waals surface area contributed by atoms with Gasteiger partial charge in [0.1, 0.15) is 35.8 Å². The molecule has 3 amide bonds. The Kier molecular flexibility index (Phi) is 16.8. The number of anilines is 2. The summed E-state index contributed by atoms with van der Waals surface area (Å²) in [5, 5.41) is 9.06. The van der Waals surface area contributed by atoms with Crippen LogP contribution < -0.4 is 25.4 Å². The average molecular weight is 727 g/mol. The van der Waals surface area contributed by atoms with Gasteiger partial charge in [-0.1, -0.05) is 39.1 Å². The first-order valence-electron chi connectivity index (χ1n) is 17.5. The number of para-hydroxylation sites is 2. The number of carbonyl (C=O) groups excluding carboxylic acids is 3. The minimum absolute atomic E-state index is 0. The molecule has 4 heterocycles. The van der Waals surface area contributed by atoms with Gasteiger partial charge >= 0.3 is 0 Å². The molecule has 0 saturated carbocycles. The first-order chi connectivity index (χ1) is 24.9. The van der Waals surface area contributed by atoms with Crippen molar-refractivity contribution in [3.8, 4) is 34.0 Å². The van der Waals surface area contributed by atoms with Crippen LogP contribution in [0.1, 0.15) is 61.3 Å². The van der Waals surface area contributed by atoms with Crippen molar-refractivity contribution in [1.82, 2.24) is 30.2 Å². The highest BCUT2D eigenvalue weighted by molar-refractivity contribution is 5.93. The van der Waals surface area contributed by atoms with E-state index in [1.165, 1.54) is 12.7 Å². The van der Waals surface area contributed by atoms with E-state index in [1.807, 2.05) is 62.4 Å². The summed E-state index contributed by atoms with van der Waals surface area (Å²) >= 11 is 0. The summed E-state index contributed by atoms with van der Waals surface area (Å²) < 4.78 is 11.3. The van der Waals surface area contributed by atoms with Gasteiger partial charge in [0.15, 0.2) is 0 Å². The topological polar surface area (TPSA) is 161 Å². The number of ether oxygens (including phenoxy) is 2. The van der Waals surface area contributed by atoms with Crippen molar-refractivity contribution in [1.29, 1.82) is 0 Å². The van der Waals surface area contributed by atoms with E-state index in [0.29, 0.717) is 56.5 Å². The molecule has 3 N–H and O–H groups in total. The number of piperidine rings is 2. The molecule has 2 aromatic heterocycles. The number of aromatic nitrogens is 4. The van der Waals surface area contributed by atoms with Gasteiger partial charge in [-0.2, -0.15) is 0 Å². The molecule has 2 aliphatic heterocycles. The van der Waals surface area contributed by atoms with Crippen LogP contribution in [0.2, 0.25) is 0 Å². The number of hydrogen-bond donors (Lipinski definition) is 3. The number of amides is 3. The molecule has 284 valence electrons. The molecule has 0 radical (unpaired) electrons. The number of hydrogen-bond acceptors (Lipinski definition) is 10. The molecule has 6 rings (SSSR count). The maximum Gasteiger partial charge on any atom is 0.228 e. The van der Waals surface area contributed by atoms with Crippen molar-refractivity contribution in [2.24, 2.45) is 11.8 Å². The Labute approximate surface area is 313 Å². The fraction of sp³-hybridized carbons (Fsp3) is 0.425. The minimum Gasteiger partial charge on any atom is -0.493 e. The predicted molar refractivity (Wildman–Crippen MR) is 209 cm³/mol. The molecule has 2 aliphatic rings. The summed E-state index contributed by atoms with van der Waals surface area (Å²) in [5.74, 6) is 2.44. The summed E-state index contributed by atoms with van der Waals surface area (Å²) in [6.45, 7) is 9.58. The maximum atomic E-state index is 12.6. The van der Waals surface area contributed by atoms with Crippen molar-refractivity contribution in [2.45, 2.75) is 61.3 Å². The second kappa shape index (κ2) is 21.2. The molecular formula is C40H54N8O5. The van der Waals surface area contributed by atoms with Gasteiger partial charge in [-0.15, -0.1) is 0 Å². The van der Waals surface area contributed by atoms with Crippen LogP contribution in [-0.2, 0) is 14.4 Å². The minimum atomic E-state index is -0.116. The first kappa shape index (κ1) is 42.0. The van der Waals surface area contributed by atoms with Crippen LogP contribution in [0.5, 0.6) is 11.5 Å². The summed E-state index contributed by atoms with van der Waals surface area (Å²) in [4.78, 5) is 55.1. The van der Waals surface area contributed by atoms with Crippen molar-refractivity contribution < 1.29 is 23.9 Å². The third kappa shape index (κ3) is 11.8. The zero-order valence-corrected chi connectivity index (χ0v) is 29.4. The Morgan fingerprint density at radius 1 is 0.698 bits per heavy atom. The lowest BCUT2D eigenvalue weighted by atomic mass is 9.96. The highest BCUT2D eigenvalue weighted by atomic mass is 16.5. The van der Waals surface area contributed by atoms with E-state index >= 15 is 0 Å². The largest absolute Gasteiger partial charge is 0.493 e. The molecule has 13 nitrogen and oxygen atoms in total. The van der Waals surface area contributed by atoms with E-state index in [0.717, 1.165) is 54.3 Å². The van der Waals surface area contributed by atoms with Crippen LogP contribution >= 0.6 is 0 Å². The molecule has 53 heavy (non-hydrogen) atoms. The number of nitrogens with zero attached hydrogens (tertiary/aromatic N) is 5. The Balaban J connectivity index is 0.000000277. The molecule has 13 heteroatoms. The lowest BCUT2D eigenvalue weighted by molar-refractivity contribution is -0.132. The number of carbonyl (C=O) groups is 3. The van der Waals surface area contributed by atoms with Gasteiger partial charge < -0.3 is 30.3 Å². The van der Waals surface area contributed by atoms with Crippen LogP contribution in [0.25, 0.3) is 22.5 Å². The summed E-state index contributed by atoms with van der Waals surface area (Å²) in [6.07, 6.45) is 5.95. The predicted octanol–water partition coefficient (Wildman–Crippen LogP) is 6.49. The van der Waals surface area contributed by atoms with Gasteiger partial charge in [-0.05, 0) is 76.9 Å². The SMILES string of the molecule is C.C.CCOc1ccccc1-c1cc(NC(=O)C2CCN(C(C)=O)CC2)ncn1.CCOc1ccccc1-c1cc(NC(=O)C2CCNCC2)ncn1. The lowest BCUT2D eigenvalue weighted by Crippen LogP contribution is -2.40. The van der Waals surface area contributed by atoms with E-state index in [4.69, 9.17) is 9.47 Å². The molecule has 2 saturated heterocycles. The number of likely N-dealkylation sites (tertiary alicyclic amines) is 1. The van der Waals surface area contributed by atoms with Gasteiger partial charge in [0.25, 0.3) is 0 Å². The van der Waals surface area contributed by atoms with Gasteiger partial charge in [0.2, 0.25) is 17.7 Å².